The molecule has 1 saturated carbocycles. The van der Waals surface area contributed by atoms with Gasteiger partial charge in [-0.1, -0.05) is 31.4 Å². The summed E-state index contributed by atoms with van der Waals surface area (Å²) in [5, 5.41) is 5.90. The molecule has 1 fully saturated rings. The number of nitrogens with zero attached hydrogens (tertiary/aromatic N) is 2. The maximum atomic E-state index is 13.7. The van der Waals surface area contributed by atoms with Crippen LogP contribution in [0.3, 0.4) is 0 Å². The average Bonchev–Trinajstić information content (AvgIpc) is 3.14. The van der Waals surface area contributed by atoms with Crippen molar-refractivity contribution < 1.29 is 14.4 Å². The molecule has 1 aromatic heterocycles. The molecule has 9 heteroatoms. The lowest BCUT2D eigenvalue weighted by atomic mass is 9.95. The number of anilines is 2. The monoisotopic (exact) mass is 485 g/mol. The Bertz CT molecular complexity index is 1070. The van der Waals surface area contributed by atoms with Gasteiger partial charge in [-0.25, -0.2) is 0 Å². The zero-order valence-electron chi connectivity index (χ0n) is 20.7. The van der Waals surface area contributed by atoms with E-state index >= 15 is 0 Å². The van der Waals surface area contributed by atoms with Crippen molar-refractivity contribution in [3.63, 3.8) is 0 Å². The summed E-state index contributed by atoms with van der Waals surface area (Å²) in [5.74, 6) is -1.10. The Morgan fingerprint density at radius 1 is 1.15 bits per heavy atom. The summed E-state index contributed by atoms with van der Waals surface area (Å²) < 4.78 is 4.21. The van der Waals surface area contributed by atoms with Gasteiger partial charge in [-0.05, 0) is 76.2 Å². The van der Waals surface area contributed by atoms with Gasteiger partial charge in [-0.2, -0.15) is 4.37 Å². The van der Waals surface area contributed by atoms with Gasteiger partial charge in [-0.15, -0.1) is 0 Å². The van der Waals surface area contributed by atoms with Crippen molar-refractivity contribution in [2.75, 3.05) is 17.2 Å². The molecular weight excluding hydrogens is 450 g/mol. The van der Waals surface area contributed by atoms with Crippen molar-refractivity contribution in [3.05, 3.63) is 39.9 Å². The number of aromatic nitrogens is 1. The highest BCUT2D eigenvalue weighted by molar-refractivity contribution is 7.09. The zero-order chi connectivity index (χ0) is 25.0. The van der Waals surface area contributed by atoms with Crippen LogP contribution in [0.4, 0.5) is 11.4 Å². The summed E-state index contributed by atoms with van der Waals surface area (Å²) >= 11 is 0.889. The summed E-state index contributed by atoms with van der Waals surface area (Å²) in [7, 11) is 0. The summed E-state index contributed by atoms with van der Waals surface area (Å²) in [6.45, 7) is 9.33. The molecule has 1 aliphatic carbocycles. The van der Waals surface area contributed by atoms with E-state index in [1.54, 1.807) is 6.07 Å². The van der Waals surface area contributed by atoms with Crippen LogP contribution < -0.4 is 21.3 Å². The second kappa shape index (κ2) is 10.5. The van der Waals surface area contributed by atoms with Gasteiger partial charge in [0, 0.05) is 17.3 Å². The van der Waals surface area contributed by atoms with Gasteiger partial charge < -0.3 is 16.4 Å². The Morgan fingerprint density at radius 3 is 2.47 bits per heavy atom. The maximum Gasteiger partial charge on any atom is 0.273 e. The number of rotatable bonds is 6. The summed E-state index contributed by atoms with van der Waals surface area (Å²) in [6, 6.07) is 5.71. The van der Waals surface area contributed by atoms with Crippen molar-refractivity contribution in [2.24, 2.45) is 0 Å². The number of carbonyl (C=O) groups excluding carboxylic acids is 3. The van der Waals surface area contributed by atoms with Gasteiger partial charge in [0.2, 0.25) is 5.91 Å². The van der Waals surface area contributed by atoms with Gasteiger partial charge in [0.15, 0.2) is 5.69 Å². The number of hydrogen-bond donors (Lipinski definition) is 3. The minimum atomic E-state index is -0.454. The number of hydrogen-bond acceptors (Lipinski definition) is 6. The van der Waals surface area contributed by atoms with Gasteiger partial charge >= 0.3 is 0 Å². The van der Waals surface area contributed by atoms with Crippen LogP contribution in [-0.4, -0.2) is 40.2 Å². The van der Waals surface area contributed by atoms with Gasteiger partial charge in [0.1, 0.15) is 11.4 Å². The summed E-state index contributed by atoms with van der Waals surface area (Å²) in [4.78, 5) is 40.8. The molecule has 1 aromatic carbocycles. The van der Waals surface area contributed by atoms with Crippen LogP contribution >= 0.6 is 11.5 Å². The molecule has 3 amide bonds. The Kier molecular flexibility index (Phi) is 7.97. The first-order valence-electron chi connectivity index (χ1n) is 11.7. The lowest BCUT2D eigenvalue weighted by Gasteiger charge is -2.27. The minimum Gasteiger partial charge on any atom is -0.395 e. The van der Waals surface area contributed by atoms with Crippen LogP contribution in [0.25, 0.3) is 0 Å². The van der Waals surface area contributed by atoms with Crippen molar-refractivity contribution in [3.8, 4) is 0 Å². The van der Waals surface area contributed by atoms with Crippen LogP contribution in [-0.2, 0) is 4.79 Å². The fourth-order valence-electron chi connectivity index (χ4n) is 4.13. The molecule has 0 atom stereocenters. The molecule has 34 heavy (non-hydrogen) atoms. The first-order valence-corrected chi connectivity index (χ1v) is 12.5. The molecule has 0 bridgehead atoms. The van der Waals surface area contributed by atoms with E-state index in [0.717, 1.165) is 48.3 Å². The molecule has 0 aliphatic heterocycles. The molecule has 2 aromatic rings. The molecule has 3 rings (SSSR count). The number of nitrogens with two attached hydrogens (primary N) is 1. The van der Waals surface area contributed by atoms with Crippen LogP contribution in [0.5, 0.6) is 0 Å². The maximum absolute atomic E-state index is 13.7. The molecule has 0 saturated heterocycles. The van der Waals surface area contributed by atoms with E-state index in [2.05, 4.69) is 15.0 Å². The summed E-state index contributed by atoms with van der Waals surface area (Å²) in [5.41, 5.74) is 8.45. The molecule has 184 valence electrons. The molecule has 8 nitrogen and oxygen atoms in total. The third-order valence-corrected chi connectivity index (χ3v) is 6.86. The van der Waals surface area contributed by atoms with Crippen molar-refractivity contribution in [2.45, 2.75) is 78.3 Å². The molecule has 4 N–H and O–H groups in total. The second-order valence-corrected chi connectivity index (χ2v) is 10.8. The van der Waals surface area contributed by atoms with Crippen LogP contribution in [0.1, 0.15) is 84.2 Å². The van der Waals surface area contributed by atoms with Gasteiger partial charge in [-0.3, -0.25) is 19.3 Å². The van der Waals surface area contributed by atoms with E-state index in [-0.39, 0.29) is 40.7 Å². The predicted molar refractivity (Wildman–Crippen MR) is 136 cm³/mol. The fourth-order valence-corrected chi connectivity index (χ4v) is 4.88. The van der Waals surface area contributed by atoms with Crippen molar-refractivity contribution in [1.29, 1.82) is 0 Å². The van der Waals surface area contributed by atoms with Crippen molar-refractivity contribution in [1.82, 2.24) is 15.0 Å². The Hall–Kier alpha value is -2.94. The number of nitrogens with one attached hydrogen (secondary N) is 2. The lowest BCUT2D eigenvalue weighted by molar-refractivity contribution is -0.121. The quantitative estimate of drug-likeness (QED) is 0.572. The molecule has 0 radical (unpaired) electrons. The number of aryl methyl sites for hydroxylation is 1. The Morgan fingerprint density at radius 2 is 1.82 bits per heavy atom. The van der Waals surface area contributed by atoms with Gasteiger partial charge in [0.25, 0.3) is 11.8 Å². The molecule has 1 heterocycles. The standard InChI is InChI=1S/C25H35N5O3S/c1-15-10-9-13-18(16(15)2)30(14-19(31)28-25(3,4)5)24(33)22-20(26)21(29-34-22)23(32)27-17-11-7-6-8-12-17/h9-10,13,17H,6-8,11-12,14,26H2,1-5H3,(H,27,32)(H,28,31). The zero-order valence-corrected chi connectivity index (χ0v) is 21.5. The van der Waals surface area contributed by atoms with E-state index in [9.17, 15) is 14.4 Å². The number of carbonyl (C=O) groups is 3. The fraction of sp³-hybridized carbons (Fsp3) is 0.520. The number of benzene rings is 1. The smallest absolute Gasteiger partial charge is 0.273 e. The lowest BCUT2D eigenvalue weighted by Crippen LogP contribution is -2.47. The van der Waals surface area contributed by atoms with Crippen LogP contribution in [0, 0.1) is 13.8 Å². The van der Waals surface area contributed by atoms with Crippen molar-refractivity contribution >= 4 is 40.6 Å². The number of amides is 3. The van der Waals surface area contributed by atoms with Crippen LogP contribution in [0.2, 0.25) is 0 Å². The largest absolute Gasteiger partial charge is 0.395 e. The minimum absolute atomic E-state index is 0.0508. The highest BCUT2D eigenvalue weighted by Crippen LogP contribution is 2.29. The molecule has 1 aliphatic rings. The molecular formula is C25H35N5O3S. The first-order chi connectivity index (χ1) is 16.0. The predicted octanol–water partition coefficient (Wildman–Crippen LogP) is 3.97. The topological polar surface area (TPSA) is 117 Å². The van der Waals surface area contributed by atoms with Crippen LogP contribution in [0.15, 0.2) is 18.2 Å². The Labute approximate surface area is 205 Å². The van der Waals surface area contributed by atoms with Gasteiger partial charge in [0.05, 0.1) is 5.69 Å². The van der Waals surface area contributed by atoms with E-state index in [4.69, 9.17) is 5.73 Å². The summed E-state index contributed by atoms with van der Waals surface area (Å²) in [6.07, 6.45) is 5.22. The number of nitrogen functional groups attached to an aromatic ring is 1. The third kappa shape index (κ3) is 6.14. The van der Waals surface area contributed by atoms with E-state index in [1.165, 1.54) is 11.3 Å². The van der Waals surface area contributed by atoms with E-state index in [0.29, 0.717) is 5.69 Å². The molecule has 0 unspecified atom stereocenters. The first kappa shape index (κ1) is 25.7. The SMILES string of the molecule is Cc1cccc(N(CC(=O)NC(C)(C)C)C(=O)c2snc(C(=O)NC3CCCCC3)c2N)c1C. The highest BCUT2D eigenvalue weighted by Gasteiger charge is 2.30. The molecule has 0 spiro atoms. The average molecular weight is 486 g/mol. The Balaban J connectivity index is 1.89. The second-order valence-electron chi connectivity index (χ2n) is 9.99. The van der Waals surface area contributed by atoms with E-state index in [1.807, 2.05) is 46.8 Å². The third-order valence-electron chi connectivity index (χ3n) is 6.01. The normalized spacial score (nSPS) is 14.5. The van der Waals surface area contributed by atoms with E-state index < -0.39 is 11.4 Å². The highest BCUT2D eigenvalue weighted by atomic mass is 32.1.